The molecule has 0 aromatic heterocycles. The van der Waals surface area contributed by atoms with E-state index in [1.807, 2.05) is 48.5 Å². The number of nitrogens with one attached hydrogen (secondary N) is 1. The standard InChI is InChI=1S/C21H19NO4/c1-25-18-5-3-7-20(13-18)26-19-6-2-4-15(12-19)14-22-17-10-8-16(9-11-17)21(23)24/h2-13,22H,14H2,1H3,(H,23,24). The third kappa shape index (κ3) is 4.54. The molecule has 3 rings (SSSR count). The molecule has 0 aliphatic carbocycles. The Bertz CT molecular complexity index is 891. The predicted octanol–water partition coefficient (Wildman–Crippen LogP) is 4.80. The number of carboxylic acids is 1. The molecule has 5 heteroatoms. The van der Waals surface area contributed by atoms with Crippen molar-refractivity contribution >= 4 is 11.7 Å². The summed E-state index contributed by atoms with van der Waals surface area (Å²) in [4.78, 5) is 10.9. The Morgan fingerprint density at radius 2 is 1.58 bits per heavy atom. The van der Waals surface area contributed by atoms with Gasteiger partial charge in [-0.25, -0.2) is 4.79 Å². The molecule has 0 bridgehead atoms. The summed E-state index contributed by atoms with van der Waals surface area (Å²) in [7, 11) is 1.62. The van der Waals surface area contributed by atoms with Crippen LogP contribution in [-0.4, -0.2) is 18.2 Å². The van der Waals surface area contributed by atoms with Crippen molar-refractivity contribution in [2.45, 2.75) is 6.54 Å². The van der Waals surface area contributed by atoms with Crippen LogP contribution in [0.4, 0.5) is 5.69 Å². The molecule has 0 fully saturated rings. The fourth-order valence-corrected chi connectivity index (χ4v) is 2.45. The van der Waals surface area contributed by atoms with Crippen molar-refractivity contribution < 1.29 is 19.4 Å². The summed E-state index contributed by atoms with van der Waals surface area (Å²) in [6.45, 7) is 0.599. The molecule has 0 unspecified atom stereocenters. The Hall–Kier alpha value is -3.47. The molecule has 26 heavy (non-hydrogen) atoms. The fraction of sp³-hybridized carbons (Fsp3) is 0.0952. The van der Waals surface area contributed by atoms with Crippen LogP contribution in [0.2, 0.25) is 0 Å². The lowest BCUT2D eigenvalue weighted by molar-refractivity contribution is 0.0697. The van der Waals surface area contributed by atoms with Crippen LogP contribution < -0.4 is 14.8 Å². The van der Waals surface area contributed by atoms with E-state index < -0.39 is 5.97 Å². The molecule has 132 valence electrons. The number of carboxylic acid groups (broad SMARTS) is 1. The van der Waals surface area contributed by atoms with Gasteiger partial charge >= 0.3 is 5.97 Å². The van der Waals surface area contributed by atoms with Gasteiger partial charge in [0.1, 0.15) is 17.2 Å². The van der Waals surface area contributed by atoms with Crippen LogP contribution in [0.25, 0.3) is 0 Å². The Labute approximate surface area is 151 Å². The molecular formula is C21H19NO4. The predicted molar refractivity (Wildman–Crippen MR) is 100 cm³/mol. The van der Waals surface area contributed by atoms with Crippen LogP contribution in [0.5, 0.6) is 17.2 Å². The van der Waals surface area contributed by atoms with Crippen LogP contribution in [-0.2, 0) is 6.54 Å². The summed E-state index contributed by atoms with van der Waals surface area (Å²) in [6.07, 6.45) is 0. The van der Waals surface area contributed by atoms with Crippen molar-refractivity contribution in [2.24, 2.45) is 0 Å². The summed E-state index contributed by atoms with van der Waals surface area (Å²) in [5.74, 6) is 1.25. The SMILES string of the molecule is COc1cccc(Oc2cccc(CNc3ccc(C(=O)O)cc3)c2)c1. The zero-order valence-corrected chi connectivity index (χ0v) is 14.3. The number of carbonyl (C=O) groups is 1. The molecule has 3 aromatic rings. The van der Waals surface area contributed by atoms with Gasteiger partial charge in [0, 0.05) is 18.3 Å². The quantitative estimate of drug-likeness (QED) is 0.641. The highest BCUT2D eigenvalue weighted by molar-refractivity contribution is 5.87. The van der Waals surface area contributed by atoms with Gasteiger partial charge in [0.25, 0.3) is 0 Å². The first-order valence-corrected chi connectivity index (χ1v) is 8.12. The van der Waals surface area contributed by atoms with Crippen LogP contribution in [0.15, 0.2) is 72.8 Å². The van der Waals surface area contributed by atoms with Crippen molar-refractivity contribution in [3.63, 3.8) is 0 Å². The highest BCUT2D eigenvalue weighted by atomic mass is 16.5. The van der Waals surface area contributed by atoms with Crippen molar-refractivity contribution in [1.82, 2.24) is 0 Å². The first-order chi connectivity index (χ1) is 12.6. The number of rotatable bonds is 7. The third-order valence-electron chi connectivity index (χ3n) is 3.80. The second-order valence-electron chi connectivity index (χ2n) is 5.66. The van der Waals surface area contributed by atoms with Gasteiger partial charge in [-0.05, 0) is 54.1 Å². The van der Waals surface area contributed by atoms with Crippen molar-refractivity contribution in [1.29, 1.82) is 0 Å². The minimum Gasteiger partial charge on any atom is -0.497 e. The first-order valence-electron chi connectivity index (χ1n) is 8.12. The minimum atomic E-state index is -0.932. The van der Waals surface area contributed by atoms with Crippen LogP contribution in [0.1, 0.15) is 15.9 Å². The van der Waals surface area contributed by atoms with E-state index in [9.17, 15) is 4.79 Å². The van der Waals surface area contributed by atoms with E-state index in [-0.39, 0.29) is 5.56 Å². The maximum atomic E-state index is 10.9. The van der Waals surface area contributed by atoms with E-state index in [1.54, 1.807) is 31.4 Å². The first kappa shape index (κ1) is 17.4. The third-order valence-corrected chi connectivity index (χ3v) is 3.80. The molecule has 3 aromatic carbocycles. The summed E-state index contributed by atoms with van der Waals surface area (Å²) in [6, 6.07) is 21.9. The number of ether oxygens (including phenoxy) is 2. The van der Waals surface area contributed by atoms with E-state index in [4.69, 9.17) is 14.6 Å². The zero-order chi connectivity index (χ0) is 18.4. The van der Waals surface area contributed by atoms with Crippen molar-refractivity contribution in [3.8, 4) is 17.2 Å². The van der Waals surface area contributed by atoms with Gasteiger partial charge in [-0.15, -0.1) is 0 Å². The lowest BCUT2D eigenvalue weighted by Crippen LogP contribution is -2.01. The van der Waals surface area contributed by atoms with Crippen LogP contribution in [0, 0.1) is 0 Å². The molecule has 0 amide bonds. The van der Waals surface area contributed by atoms with Gasteiger partial charge in [0.15, 0.2) is 0 Å². The smallest absolute Gasteiger partial charge is 0.335 e. The maximum absolute atomic E-state index is 10.9. The summed E-state index contributed by atoms with van der Waals surface area (Å²) < 4.78 is 11.1. The monoisotopic (exact) mass is 349 g/mol. The van der Waals surface area contributed by atoms with E-state index >= 15 is 0 Å². The number of methoxy groups -OCH3 is 1. The van der Waals surface area contributed by atoms with E-state index in [2.05, 4.69) is 5.32 Å². The minimum absolute atomic E-state index is 0.268. The lowest BCUT2D eigenvalue weighted by atomic mass is 10.2. The van der Waals surface area contributed by atoms with Crippen LogP contribution >= 0.6 is 0 Å². The molecule has 0 radical (unpaired) electrons. The highest BCUT2D eigenvalue weighted by Gasteiger charge is 2.03. The largest absolute Gasteiger partial charge is 0.497 e. The van der Waals surface area contributed by atoms with Gasteiger partial charge in [-0.3, -0.25) is 0 Å². The number of hydrogen-bond acceptors (Lipinski definition) is 4. The lowest BCUT2D eigenvalue weighted by Gasteiger charge is -2.10. The normalized spacial score (nSPS) is 10.2. The molecule has 0 atom stereocenters. The summed E-state index contributed by atoms with van der Waals surface area (Å²) in [5.41, 5.74) is 2.17. The second-order valence-corrected chi connectivity index (χ2v) is 5.66. The topological polar surface area (TPSA) is 67.8 Å². The maximum Gasteiger partial charge on any atom is 0.335 e. The molecule has 0 aliphatic heterocycles. The molecule has 0 aliphatic rings. The summed E-state index contributed by atoms with van der Waals surface area (Å²) in [5, 5.41) is 12.2. The average molecular weight is 349 g/mol. The van der Waals surface area contributed by atoms with Crippen molar-refractivity contribution in [2.75, 3.05) is 12.4 Å². The van der Waals surface area contributed by atoms with Gasteiger partial charge in [0.05, 0.1) is 12.7 Å². The number of aromatic carboxylic acids is 1. The molecule has 0 saturated heterocycles. The molecule has 2 N–H and O–H groups in total. The van der Waals surface area contributed by atoms with Crippen LogP contribution in [0.3, 0.4) is 0 Å². The Morgan fingerprint density at radius 3 is 2.27 bits per heavy atom. The Morgan fingerprint density at radius 1 is 0.923 bits per heavy atom. The Balaban J connectivity index is 1.64. The number of hydrogen-bond donors (Lipinski definition) is 2. The van der Waals surface area contributed by atoms with E-state index in [0.717, 1.165) is 22.7 Å². The molecule has 0 spiro atoms. The second kappa shape index (κ2) is 8.07. The molecular weight excluding hydrogens is 330 g/mol. The number of benzene rings is 3. The van der Waals surface area contributed by atoms with Gasteiger partial charge in [0.2, 0.25) is 0 Å². The Kier molecular flexibility index (Phi) is 5.39. The van der Waals surface area contributed by atoms with Crippen molar-refractivity contribution in [3.05, 3.63) is 83.9 Å². The van der Waals surface area contributed by atoms with Gasteiger partial charge in [-0.2, -0.15) is 0 Å². The number of anilines is 1. The van der Waals surface area contributed by atoms with Gasteiger partial charge in [-0.1, -0.05) is 18.2 Å². The van der Waals surface area contributed by atoms with Gasteiger partial charge < -0.3 is 19.9 Å². The molecule has 5 nitrogen and oxygen atoms in total. The fourth-order valence-electron chi connectivity index (χ4n) is 2.45. The molecule has 0 heterocycles. The zero-order valence-electron chi connectivity index (χ0n) is 14.3. The summed E-state index contributed by atoms with van der Waals surface area (Å²) >= 11 is 0. The highest BCUT2D eigenvalue weighted by Crippen LogP contribution is 2.26. The molecule has 0 saturated carbocycles. The van der Waals surface area contributed by atoms with E-state index in [0.29, 0.717) is 12.3 Å². The average Bonchev–Trinajstić information content (AvgIpc) is 2.67. The van der Waals surface area contributed by atoms with E-state index in [1.165, 1.54) is 0 Å².